The van der Waals surface area contributed by atoms with Crippen LogP contribution in [0.4, 0.5) is 11.4 Å². The predicted molar refractivity (Wildman–Crippen MR) is 72.4 cm³/mol. The summed E-state index contributed by atoms with van der Waals surface area (Å²) in [5.41, 5.74) is 1.95. The molecule has 0 saturated heterocycles. The lowest BCUT2D eigenvalue weighted by atomic mass is 10.2. The van der Waals surface area contributed by atoms with Gasteiger partial charge in [0.2, 0.25) is 0 Å². The number of nitrogens with zero attached hydrogens (tertiary/aromatic N) is 2. The summed E-state index contributed by atoms with van der Waals surface area (Å²) in [6, 6.07) is 8.28. The van der Waals surface area contributed by atoms with E-state index < -0.39 is 4.92 Å². The molecule has 2 rings (SSSR count). The second kappa shape index (κ2) is 5.59. The normalized spacial score (nSPS) is 10.1. The second-order valence-electron chi connectivity index (χ2n) is 3.67. The lowest BCUT2D eigenvalue weighted by molar-refractivity contribution is -0.384. The third-order valence-electron chi connectivity index (χ3n) is 2.34. The molecule has 0 aliphatic carbocycles. The van der Waals surface area contributed by atoms with Crippen LogP contribution in [0.25, 0.3) is 0 Å². The molecule has 0 atom stereocenters. The van der Waals surface area contributed by atoms with Crippen molar-refractivity contribution in [3.63, 3.8) is 0 Å². The van der Waals surface area contributed by atoms with Gasteiger partial charge in [-0.2, -0.15) is 0 Å². The summed E-state index contributed by atoms with van der Waals surface area (Å²) < 4.78 is 0.922. The van der Waals surface area contributed by atoms with Crippen molar-refractivity contribution in [1.82, 2.24) is 4.98 Å². The number of nitro groups is 1. The predicted octanol–water partition coefficient (Wildman–Crippen LogP) is 3.36. The van der Waals surface area contributed by atoms with Crippen molar-refractivity contribution in [2.24, 2.45) is 0 Å². The smallest absolute Gasteiger partial charge is 0.269 e. The molecule has 1 N–H and O–H groups in total. The largest absolute Gasteiger partial charge is 0.381 e. The Kier molecular flexibility index (Phi) is 3.88. The monoisotopic (exact) mass is 307 g/mol. The first kappa shape index (κ1) is 12.5. The van der Waals surface area contributed by atoms with Gasteiger partial charge in [0.25, 0.3) is 5.69 Å². The van der Waals surface area contributed by atoms with E-state index in [0.29, 0.717) is 6.54 Å². The van der Waals surface area contributed by atoms with E-state index in [2.05, 4.69) is 26.2 Å². The minimum absolute atomic E-state index is 0.0877. The van der Waals surface area contributed by atoms with Crippen LogP contribution in [-0.4, -0.2) is 9.91 Å². The molecule has 0 unspecified atom stereocenters. The van der Waals surface area contributed by atoms with Crippen molar-refractivity contribution < 1.29 is 4.92 Å². The molecule has 0 aliphatic heterocycles. The van der Waals surface area contributed by atoms with E-state index in [1.807, 2.05) is 6.07 Å². The molecule has 1 heterocycles. The number of hydrogen-bond acceptors (Lipinski definition) is 4. The van der Waals surface area contributed by atoms with Crippen LogP contribution in [0.1, 0.15) is 5.56 Å². The highest BCUT2D eigenvalue weighted by Gasteiger charge is 2.03. The van der Waals surface area contributed by atoms with Crippen LogP contribution in [-0.2, 0) is 6.54 Å². The molecule has 0 spiro atoms. The van der Waals surface area contributed by atoms with Crippen LogP contribution < -0.4 is 5.32 Å². The summed E-state index contributed by atoms with van der Waals surface area (Å²) in [4.78, 5) is 14.1. The number of aromatic nitrogens is 1. The number of rotatable bonds is 4. The first-order valence-electron chi connectivity index (χ1n) is 5.23. The number of hydrogen-bond donors (Lipinski definition) is 1. The number of nitro benzene ring substituents is 1. The third kappa shape index (κ3) is 3.27. The first-order chi connectivity index (χ1) is 8.65. The zero-order valence-corrected chi connectivity index (χ0v) is 10.9. The van der Waals surface area contributed by atoms with E-state index in [1.54, 1.807) is 24.5 Å². The highest BCUT2D eigenvalue weighted by molar-refractivity contribution is 9.10. The van der Waals surface area contributed by atoms with Gasteiger partial charge in [-0.15, -0.1) is 0 Å². The van der Waals surface area contributed by atoms with E-state index in [1.165, 1.54) is 12.1 Å². The van der Waals surface area contributed by atoms with E-state index in [-0.39, 0.29) is 5.69 Å². The molecule has 0 aliphatic rings. The van der Waals surface area contributed by atoms with Gasteiger partial charge in [0.1, 0.15) is 0 Å². The lowest BCUT2D eigenvalue weighted by Crippen LogP contribution is -1.99. The van der Waals surface area contributed by atoms with Gasteiger partial charge in [0.05, 0.1) is 4.92 Å². The first-order valence-corrected chi connectivity index (χ1v) is 6.02. The number of nitrogens with one attached hydrogen (secondary N) is 1. The number of pyridine rings is 1. The van der Waals surface area contributed by atoms with Crippen LogP contribution in [0.2, 0.25) is 0 Å². The fraction of sp³-hybridized carbons (Fsp3) is 0.0833. The highest BCUT2D eigenvalue weighted by Crippen LogP contribution is 2.16. The van der Waals surface area contributed by atoms with Crippen molar-refractivity contribution in [2.45, 2.75) is 6.54 Å². The van der Waals surface area contributed by atoms with Crippen molar-refractivity contribution in [1.29, 1.82) is 0 Å². The fourth-order valence-electron chi connectivity index (χ4n) is 1.46. The van der Waals surface area contributed by atoms with Gasteiger partial charge in [-0.05, 0) is 39.7 Å². The summed E-state index contributed by atoms with van der Waals surface area (Å²) in [5, 5.41) is 13.7. The molecule has 0 bridgehead atoms. The van der Waals surface area contributed by atoms with Crippen LogP contribution in [0.3, 0.4) is 0 Å². The number of non-ortho nitro benzene ring substituents is 1. The highest BCUT2D eigenvalue weighted by atomic mass is 79.9. The summed E-state index contributed by atoms with van der Waals surface area (Å²) in [7, 11) is 0. The maximum atomic E-state index is 10.5. The van der Waals surface area contributed by atoms with Crippen molar-refractivity contribution >= 4 is 27.3 Å². The Bertz CT molecular complexity index is 558. The van der Waals surface area contributed by atoms with Crippen LogP contribution in [0, 0.1) is 10.1 Å². The molecule has 0 saturated carbocycles. The molecule has 92 valence electrons. The van der Waals surface area contributed by atoms with Crippen molar-refractivity contribution in [3.8, 4) is 0 Å². The van der Waals surface area contributed by atoms with Gasteiger partial charge in [0.15, 0.2) is 0 Å². The minimum Gasteiger partial charge on any atom is -0.381 e. The average Bonchev–Trinajstić information content (AvgIpc) is 2.37. The van der Waals surface area contributed by atoms with Crippen LogP contribution >= 0.6 is 15.9 Å². The molecule has 1 aromatic carbocycles. The number of anilines is 1. The minimum atomic E-state index is -0.415. The Balaban J connectivity index is 2.00. The molecule has 0 radical (unpaired) electrons. The summed E-state index contributed by atoms with van der Waals surface area (Å²) in [5.74, 6) is 0. The van der Waals surface area contributed by atoms with E-state index in [0.717, 1.165) is 15.7 Å². The van der Waals surface area contributed by atoms with E-state index >= 15 is 0 Å². The van der Waals surface area contributed by atoms with Crippen molar-refractivity contribution in [2.75, 3.05) is 5.32 Å². The SMILES string of the molecule is O=[N+]([O-])c1ccc(NCc2cncc(Br)c2)cc1. The fourth-order valence-corrected chi connectivity index (χ4v) is 1.87. The summed E-state index contributed by atoms with van der Waals surface area (Å²) in [6.07, 6.45) is 3.48. The zero-order valence-electron chi connectivity index (χ0n) is 9.34. The second-order valence-corrected chi connectivity index (χ2v) is 4.58. The Morgan fingerprint density at radius 1 is 1.28 bits per heavy atom. The lowest BCUT2D eigenvalue weighted by Gasteiger charge is -2.06. The number of benzene rings is 1. The molecule has 18 heavy (non-hydrogen) atoms. The number of halogens is 1. The Morgan fingerprint density at radius 3 is 2.61 bits per heavy atom. The summed E-state index contributed by atoms with van der Waals surface area (Å²) in [6.45, 7) is 0.615. The molecule has 0 fully saturated rings. The maximum Gasteiger partial charge on any atom is 0.269 e. The molecular formula is C12H10BrN3O2. The van der Waals surface area contributed by atoms with Crippen LogP contribution in [0.15, 0.2) is 47.2 Å². The maximum absolute atomic E-state index is 10.5. The Hall–Kier alpha value is -1.95. The Morgan fingerprint density at radius 2 is 2.00 bits per heavy atom. The van der Waals surface area contributed by atoms with Crippen LogP contribution in [0.5, 0.6) is 0 Å². The topological polar surface area (TPSA) is 68.1 Å². The molecule has 5 nitrogen and oxygen atoms in total. The quantitative estimate of drug-likeness (QED) is 0.694. The molecule has 1 aromatic heterocycles. The van der Waals surface area contributed by atoms with Gasteiger partial charge in [-0.1, -0.05) is 0 Å². The summed E-state index contributed by atoms with van der Waals surface area (Å²) >= 11 is 3.35. The van der Waals surface area contributed by atoms with Crippen molar-refractivity contribution in [3.05, 3.63) is 62.9 Å². The van der Waals surface area contributed by atoms with Gasteiger partial charge < -0.3 is 5.32 Å². The molecule has 6 heteroatoms. The Labute approximate surface area is 112 Å². The van der Waals surface area contributed by atoms with Gasteiger partial charge >= 0.3 is 0 Å². The molecule has 2 aromatic rings. The van der Waals surface area contributed by atoms with Gasteiger partial charge in [-0.3, -0.25) is 15.1 Å². The van der Waals surface area contributed by atoms with Gasteiger partial charge in [-0.25, -0.2) is 0 Å². The average molecular weight is 308 g/mol. The van der Waals surface area contributed by atoms with E-state index in [9.17, 15) is 10.1 Å². The third-order valence-corrected chi connectivity index (χ3v) is 2.77. The molecular weight excluding hydrogens is 298 g/mol. The zero-order chi connectivity index (χ0) is 13.0. The van der Waals surface area contributed by atoms with E-state index in [4.69, 9.17) is 0 Å². The van der Waals surface area contributed by atoms with Gasteiger partial charge in [0, 0.05) is 41.2 Å². The molecule has 0 amide bonds. The standard InChI is InChI=1S/C12H10BrN3O2/c13-10-5-9(6-14-8-10)7-15-11-1-3-12(4-2-11)16(17)18/h1-6,8,15H,7H2.